The van der Waals surface area contributed by atoms with Gasteiger partial charge in [0.2, 0.25) is 0 Å². The van der Waals surface area contributed by atoms with Gasteiger partial charge in [-0.1, -0.05) is 153 Å². The molecule has 0 saturated heterocycles. The van der Waals surface area contributed by atoms with Gasteiger partial charge in [0.25, 0.3) is 0 Å². The van der Waals surface area contributed by atoms with E-state index in [4.69, 9.17) is 19.4 Å². The highest BCUT2D eigenvalue weighted by Gasteiger charge is 2.35. The van der Waals surface area contributed by atoms with Crippen molar-refractivity contribution in [1.82, 2.24) is 15.0 Å². The van der Waals surface area contributed by atoms with Crippen molar-refractivity contribution in [3.63, 3.8) is 0 Å². The summed E-state index contributed by atoms with van der Waals surface area (Å²) in [5, 5.41) is 2.21. The monoisotopic (exact) mass is 667 g/mol. The van der Waals surface area contributed by atoms with Gasteiger partial charge in [-0.15, -0.1) is 0 Å². The van der Waals surface area contributed by atoms with Gasteiger partial charge in [0.05, 0.1) is 0 Å². The Bertz CT molecular complexity index is 2820. The van der Waals surface area contributed by atoms with E-state index in [1.165, 1.54) is 27.8 Å². The quantitative estimate of drug-likeness (QED) is 0.183. The van der Waals surface area contributed by atoms with Crippen LogP contribution >= 0.6 is 0 Å². The third-order valence-corrected chi connectivity index (χ3v) is 10.6. The Morgan fingerprint density at radius 1 is 0.385 bits per heavy atom. The first-order chi connectivity index (χ1) is 25.5. The number of rotatable bonds is 5. The molecule has 0 aliphatic heterocycles. The van der Waals surface area contributed by atoms with Crippen LogP contribution in [0, 0.1) is 0 Å². The molecule has 0 radical (unpaired) electrons. The van der Waals surface area contributed by atoms with Crippen LogP contribution in [0.3, 0.4) is 0 Å². The molecular formula is C48H33N3O. The Balaban J connectivity index is 1.13. The molecule has 0 amide bonds. The maximum absolute atomic E-state index is 6.51. The van der Waals surface area contributed by atoms with Crippen LogP contribution in [0.1, 0.15) is 25.0 Å². The highest BCUT2D eigenvalue weighted by molar-refractivity contribution is 6.13. The van der Waals surface area contributed by atoms with Gasteiger partial charge >= 0.3 is 0 Å². The standard InChI is InChI=1S/C48H33N3O/c1-48(2)40-22-12-11-19-36(40)39-28-33(25-27-41(39)48)46-49-45(31-16-7-4-8-17-31)50-47(51-46)37-20-10-9-18-34(37)32-24-26-38-43(29-32)52-42-23-13-21-35(44(38)42)30-14-5-3-6-15-30/h3-29H,1-2H3. The summed E-state index contributed by atoms with van der Waals surface area (Å²) in [5.41, 5.74) is 14.0. The van der Waals surface area contributed by atoms with Gasteiger partial charge in [-0.05, 0) is 68.8 Å². The molecule has 10 rings (SSSR count). The van der Waals surface area contributed by atoms with Crippen LogP contribution in [-0.4, -0.2) is 15.0 Å². The third kappa shape index (κ3) is 4.79. The summed E-state index contributed by atoms with van der Waals surface area (Å²) in [5.74, 6) is 1.90. The van der Waals surface area contributed by atoms with E-state index >= 15 is 0 Å². The molecule has 9 aromatic rings. The number of hydrogen-bond donors (Lipinski definition) is 0. The molecule has 2 heterocycles. The van der Waals surface area contributed by atoms with Crippen LogP contribution in [0.2, 0.25) is 0 Å². The SMILES string of the molecule is CC1(C)c2ccccc2-c2cc(-c3nc(-c4ccccc4)nc(-c4ccccc4-c4ccc5c(c4)oc4cccc(-c6ccccc6)c45)n3)ccc21. The normalized spacial score (nSPS) is 13.0. The van der Waals surface area contributed by atoms with Crippen molar-refractivity contribution < 1.29 is 4.42 Å². The Morgan fingerprint density at radius 2 is 0.981 bits per heavy atom. The minimum atomic E-state index is -0.0765. The fraction of sp³-hybridized carbons (Fsp3) is 0.0625. The summed E-state index contributed by atoms with van der Waals surface area (Å²) in [6.45, 7) is 4.60. The van der Waals surface area contributed by atoms with Gasteiger partial charge in [-0.25, -0.2) is 15.0 Å². The lowest BCUT2D eigenvalue weighted by Crippen LogP contribution is -2.14. The zero-order valence-corrected chi connectivity index (χ0v) is 28.8. The molecule has 7 aromatic carbocycles. The summed E-state index contributed by atoms with van der Waals surface area (Å²) < 4.78 is 6.51. The molecule has 52 heavy (non-hydrogen) atoms. The Hall–Kier alpha value is -6.65. The van der Waals surface area contributed by atoms with E-state index in [2.05, 4.69) is 141 Å². The summed E-state index contributed by atoms with van der Waals surface area (Å²) in [4.78, 5) is 15.4. The number of fused-ring (bicyclic) bond motifs is 6. The Labute approximate surface area is 302 Å². The van der Waals surface area contributed by atoms with Gasteiger partial charge in [0, 0.05) is 32.9 Å². The predicted octanol–water partition coefficient (Wildman–Crippen LogP) is 12.4. The maximum atomic E-state index is 6.51. The molecule has 0 spiro atoms. The average molecular weight is 668 g/mol. The number of benzene rings is 7. The molecule has 0 unspecified atom stereocenters. The Kier molecular flexibility index (Phi) is 6.80. The number of nitrogens with zero attached hydrogens (tertiary/aromatic N) is 3. The first-order valence-corrected chi connectivity index (χ1v) is 17.7. The molecule has 0 fully saturated rings. The van der Waals surface area contributed by atoms with Crippen molar-refractivity contribution in [2.45, 2.75) is 19.3 Å². The van der Waals surface area contributed by atoms with Crippen molar-refractivity contribution >= 4 is 21.9 Å². The molecule has 0 saturated carbocycles. The van der Waals surface area contributed by atoms with Crippen LogP contribution in [0.15, 0.2) is 168 Å². The molecule has 246 valence electrons. The fourth-order valence-corrected chi connectivity index (χ4v) is 7.98. The zero-order valence-electron chi connectivity index (χ0n) is 28.8. The van der Waals surface area contributed by atoms with Crippen LogP contribution in [0.5, 0.6) is 0 Å². The number of furan rings is 1. The van der Waals surface area contributed by atoms with Crippen molar-refractivity contribution in [2.75, 3.05) is 0 Å². The highest BCUT2D eigenvalue weighted by Crippen LogP contribution is 2.49. The zero-order chi connectivity index (χ0) is 34.8. The smallest absolute Gasteiger partial charge is 0.164 e. The largest absolute Gasteiger partial charge is 0.456 e. The van der Waals surface area contributed by atoms with E-state index in [0.29, 0.717) is 17.5 Å². The Morgan fingerprint density at radius 3 is 1.77 bits per heavy atom. The van der Waals surface area contributed by atoms with Gasteiger partial charge in [0.1, 0.15) is 11.2 Å². The molecule has 0 atom stereocenters. The summed E-state index contributed by atoms with van der Waals surface area (Å²) in [6, 6.07) is 57.1. The third-order valence-electron chi connectivity index (χ3n) is 10.6. The lowest BCUT2D eigenvalue weighted by atomic mass is 9.82. The van der Waals surface area contributed by atoms with Gasteiger partial charge < -0.3 is 4.42 Å². The van der Waals surface area contributed by atoms with Gasteiger partial charge in [-0.3, -0.25) is 0 Å². The van der Waals surface area contributed by atoms with E-state index < -0.39 is 0 Å². The average Bonchev–Trinajstić information content (AvgIpc) is 3.69. The van der Waals surface area contributed by atoms with Crippen LogP contribution in [0.4, 0.5) is 0 Å². The molecule has 0 bridgehead atoms. The van der Waals surface area contributed by atoms with Gasteiger partial charge in [-0.2, -0.15) is 0 Å². The van der Waals surface area contributed by atoms with Crippen molar-refractivity contribution in [2.24, 2.45) is 0 Å². The minimum absolute atomic E-state index is 0.0765. The molecule has 2 aromatic heterocycles. The number of aromatic nitrogens is 3. The molecule has 1 aliphatic rings. The summed E-state index contributed by atoms with van der Waals surface area (Å²) >= 11 is 0. The second kappa shape index (κ2) is 11.7. The summed E-state index contributed by atoms with van der Waals surface area (Å²) in [6.07, 6.45) is 0. The lowest BCUT2D eigenvalue weighted by molar-refractivity contribution is 0.660. The lowest BCUT2D eigenvalue weighted by Gasteiger charge is -2.21. The second-order valence-electron chi connectivity index (χ2n) is 14.0. The first-order valence-electron chi connectivity index (χ1n) is 17.7. The van der Waals surface area contributed by atoms with E-state index in [-0.39, 0.29) is 5.41 Å². The van der Waals surface area contributed by atoms with Crippen LogP contribution in [-0.2, 0) is 5.41 Å². The van der Waals surface area contributed by atoms with Crippen LogP contribution in [0.25, 0.3) is 89.5 Å². The molecule has 1 aliphatic carbocycles. The molecule has 4 heteroatoms. The predicted molar refractivity (Wildman–Crippen MR) is 212 cm³/mol. The van der Waals surface area contributed by atoms with E-state index in [9.17, 15) is 0 Å². The first kappa shape index (κ1) is 30.2. The van der Waals surface area contributed by atoms with Crippen molar-refractivity contribution in [3.8, 4) is 67.5 Å². The van der Waals surface area contributed by atoms with E-state index in [0.717, 1.165) is 55.3 Å². The van der Waals surface area contributed by atoms with Crippen molar-refractivity contribution in [3.05, 3.63) is 175 Å². The van der Waals surface area contributed by atoms with Crippen LogP contribution < -0.4 is 0 Å². The minimum Gasteiger partial charge on any atom is -0.456 e. The van der Waals surface area contributed by atoms with E-state index in [1.807, 2.05) is 36.4 Å². The number of hydrogen-bond acceptors (Lipinski definition) is 4. The topological polar surface area (TPSA) is 51.8 Å². The fourth-order valence-electron chi connectivity index (χ4n) is 7.98. The molecule has 0 N–H and O–H groups in total. The maximum Gasteiger partial charge on any atom is 0.164 e. The van der Waals surface area contributed by atoms with E-state index in [1.54, 1.807) is 0 Å². The second-order valence-corrected chi connectivity index (χ2v) is 14.0. The summed E-state index contributed by atoms with van der Waals surface area (Å²) in [7, 11) is 0. The van der Waals surface area contributed by atoms with Crippen molar-refractivity contribution in [1.29, 1.82) is 0 Å². The molecule has 4 nitrogen and oxygen atoms in total. The van der Waals surface area contributed by atoms with Gasteiger partial charge in [0.15, 0.2) is 17.5 Å². The molecular weight excluding hydrogens is 635 g/mol. The highest BCUT2D eigenvalue weighted by atomic mass is 16.3.